The summed E-state index contributed by atoms with van der Waals surface area (Å²) in [5.41, 5.74) is 0. The summed E-state index contributed by atoms with van der Waals surface area (Å²) >= 11 is 0. The highest BCUT2D eigenvalue weighted by Crippen LogP contribution is 2.24. The van der Waals surface area contributed by atoms with Crippen molar-refractivity contribution in [1.29, 1.82) is 0 Å². The molecule has 0 saturated carbocycles. The van der Waals surface area contributed by atoms with Gasteiger partial charge in [0.25, 0.3) is 0 Å². The van der Waals surface area contributed by atoms with E-state index in [1.165, 1.54) is 0 Å². The molecule has 0 aromatic heterocycles. The number of hydrogen-bond donors (Lipinski definition) is 1. The third-order valence-corrected chi connectivity index (χ3v) is 3.73. The molecule has 2 aliphatic heterocycles. The average Bonchev–Trinajstić information content (AvgIpc) is 2.41. The summed E-state index contributed by atoms with van der Waals surface area (Å²) in [5, 5.41) is 3.36. The van der Waals surface area contributed by atoms with Crippen LogP contribution in [0.15, 0.2) is 0 Å². The smallest absolute Gasteiger partial charge is 0.183 e. The molecular weight excluding hydrogens is 232 g/mol. The van der Waals surface area contributed by atoms with Crippen molar-refractivity contribution in [3.8, 4) is 0 Å². The third kappa shape index (κ3) is 3.65. The first-order valence-corrected chi connectivity index (χ1v) is 7.02. The third-order valence-electron chi connectivity index (χ3n) is 3.73. The van der Waals surface area contributed by atoms with Crippen molar-refractivity contribution in [2.75, 3.05) is 59.2 Å². The molecule has 0 radical (unpaired) electrons. The van der Waals surface area contributed by atoms with Crippen LogP contribution in [0, 0.1) is 5.92 Å². The van der Waals surface area contributed by atoms with E-state index in [4.69, 9.17) is 14.2 Å². The molecule has 0 aromatic carbocycles. The van der Waals surface area contributed by atoms with E-state index in [0.29, 0.717) is 5.92 Å². The van der Waals surface area contributed by atoms with Crippen LogP contribution in [0.2, 0.25) is 0 Å². The number of nitrogens with zero attached hydrogens (tertiary/aromatic N) is 1. The first kappa shape index (κ1) is 14.2. The van der Waals surface area contributed by atoms with Crippen molar-refractivity contribution >= 4 is 0 Å². The lowest BCUT2D eigenvalue weighted by Crippen LogP contribution is -2.55. The Kier molecular flexibility index (Phi) is 5.38. The lowest BCUT2D eigenvalue weighted by atomic mass is 10.0. The molecule has 0 bridgehead atoms. The summed E-state index contributed by atoms with van der Waals surface area (Å²) in [5.74, 6) is -0.0835. The van der Waals surface area contributed by atoms with Crippen molar-refractivity contribution in [2.24, 2.45) is 5.92 Å². The van der Waals surface area contributed by atoms with Gasteiger partial charge in [-0.3, -0.25) is 4.90 Å². The largest absolute Gasteiger partial charge is 0.379 e. The second kappa shape index (κ2) is 6.82. The molecule has 106 valence electrons. The van der Waals surface area contributed by atoms with Crippen LogP contribution >= 0.6 is 0 Å². The molecule has 18 heavy (non-hydrogen) atoms. The quantitative estimate of drug-likeness (QED) is 0.769. The van der Waals surface area contributed by atoms with Gasteiger partial charge in [-0.2, -0.15) is 0 Å². The molecule has 2 heterocycles. The molecule has 1 N–H and O–H groups in total. The van der Waals surface area contributed by atoms with E-state index in [2.05, 4.69) is 24.1 Å². The van der Waals surface area contributed by atoms with Crippen LogP contribution in [0.4, 0.5) is 0 Å². The van der Waals surface area contributed by atoms with Gasteiger partial charge >= 0.3 is 0 Å². The molecule has 0 spiro atoms. The highest BCUT2D eigenvalue weighted by atomic mass is 16.7. The van der Waals surface area contributed by atoms with Gasteiger partial charge in [0.1, 0.15) is 0 Å². The van der Waals surface area contributed by atoms with Crippen molar-refractivity contribution in [2.45, 2.75) is 19.6 Å². The monoisotopic (exact) mass is 258 g/mol. The Morgan fingerprint density at radius 1 is 1.28 bits per heavy atom. The topological polar surface area (TPSA) is 43.0 Å². The van der Waals surface area contributed by atoms with E-state index >= 15 is 0 Å². The highest BCUT2D eigenvalue weighted by molar-refractivity contribution is 4.80. The van der Waals surface area contributed by atoms with Gasteiger partial charge in [-0.1, -0.05) is 13.8 Å². The summed E-state index contributed by atoms with van der Waals surface area (Å²) in [7, 11) is 0. The lowest BCUT2D eigenvalue weighted by molar-refractivity contribution is -0.270. The number of ether oxygens (including phenoxy) is 3. The number of rotatable bonds is 5. The van der Waals surface area contributed by atoms with Gasteiger partial charge in [-0.05, 0) is 0 Å². The molecule has 2 fully saturated rings. The van der Waals surface area contributed by atoms with E-state index in [-0.39, 0.29) is 0 Å². The van der Waals surface area contributed by atoms with Gasteiger partial charge in [0.2, 0.25) is 0 Å². The molecule has 5 nitrogen and oxygen atoms in total. The minimum absolute atomic E-state index is 0.356. The Morgan fingerprint density at radius 3 is 2.67 bits per heavy atom. The predicted molar refractivity (Wildman–Crippen MR) is 69.6 cm³/mol. The van der Waals surface area contributed by atoms with Crippen LogP contribution in [0.25, 0.3) is 0 Å². The van der Waals surface area contributed by atoms with E-state index in [0.717, 1.165) is 59.2 Å². The molecule has 1 unspecified atom stereocenters. The first-order chi connectivity index (χ1) is 8.73. The summed E-state index contributed by atoms with van der Waals surface area (Å²) < 4.78 is 17.3. The standard InChI is InChI=1S/C13H26N2O3/c1-12(2)13(11-14-3-7-17-13)18-10-6-15-4-8-16-9-5-15/h12,14H,3-11H2,1-2H3. The normalized spacial score (nSPS) is 30.8. The fraction of sp³-hybridized carbons (Fsp3) is 1.00. The molecule has 0 amide bonds. The molecular formula is C13H26N2O3. The Hall–Kier alpha value is -0.200. The van der Waals surface area contributed by atoms with Gasteiger partial charge < -0.3 is 19.5 Å². The highest BCUT2D eigenvalue weighted by Gasteiger charge is 2.37. The summed E-state index contributed by atoms with van der Waals surface area (Å²) in [6.45, 7) is 12.1. The van der Waals surface area contributed by atoms with E-state index in [1.54, 1.807) is 0 Å². The molecule has 2 aliphatic rings. The Labute approximate surface area is 110 Å². The maximum Gasteiger partial charge on any atom is 0.183 e. The van der Waals surface area contributed by atoms with Gasteiger partial charge in [-0.25, -0.2) is 0 Å². The summed E-state index contributed by atoms with van der Waals surface area (Å²) in [4.78, 5) is 2.38. The fourth-order valence-corrected chi connectivity index (χ4v) is 2.41. The molecule has 0 aromatic rings. The predicted octanol–water partition coefficient (Wildman–Crippen LogP) is 0.307. The Balaban J connectivity index is 1.75. The zero-order valence-electron chi connectivity index (χ0n) is 11.6. The van der Waals surface area contributed by atoms with E-state index in [1.807, 2.05) is 0 Å². The molecule has 2 rings (SSSR count). The zero-order valence-corrected chi connectivity index (χ0v) is 11.6. The average molecular weight is 258 g/mol. The van der Waals surface area contributed by atoms with Crippen LogP contribution in [0.1, 0.15) is 13.8 Å². The van der Waals surface area contributed by atoms with Gasteiger partial charge in [0, 0.05) is 32.1 Å². The lowest BCUT2D eigenvalue weighted by Gasteiger charge is -2.41. The van der Waals surface area contributed by atoms with Crippen LogP contribution in [0.3, 0.4) is 0 Å². The number of morpholine rings is 2. The molecule has 1 atom stereocenters. The number of hydrogen-bond acceptors (Lipinski definition) is 5. The second-order valence-corrected chi connectivity index (χ2v) is 5.29. The maximum atomic E-state index is 6.07. The summed E-state index contributed by atoms with van der Waals surface area (Å²) in [6, 6.07) is 0. The number of nitrogens with one attached hydrogen (secondary N) is 1. The van der Waals surface area contributed by atoms with Crippen LogP contribution in [0.5, 0.6) is 0 Å². The van der Waals surface area contributed by atoms with Crippen molar-refractivity contribution in [3.63, 3.8) is 0 Å². The van der Waals surface area contributed by atoms with Gasteiger partial charge in [0.05, 0.1) is 33.0 Å². The molecule has 5 heteroatoms. The van der Waals surface area contributed by atoms with Crippen molar-refractivity contribution < 1.29 is 14.2 Å². The van der Waals surface area contributed by atoms with Crippen LogP contribution in [-0.2, 0) is 14.2 Å². The SMILES string of the molecule is CC(C)C1(OCCN2CCOCC2)CNCCO1. The Morgan fingerprint density at radius 2 is 2.06 bits per heavy atom. The van der Waals surface area contributed by atoms with Crippen LogP contribution in [-0.4, -0.2) is 69.8 Å². The minimum Gasteiger partial charge on any atom is -0.379 e. The molecule has 0 aliphatic carbocycles. The van der Waals surface area contributed by atoms with Gasteiger partial charge in [-0.15, -0.1) is 0 Å². The Bertz CT molecular complexity index is 236. The van der Waals surface area contributed by atoms with Crippen LogP contribution < -0.4 is 5.32 Å². The first-order valence-electron chi connectivity index (χ1n) is 7.02. The minimum atomic E-state index is -0.440. The maximum absolute atomic E-state index is 6.07. The van der Waals surface area contributed by atoms with Gasteiger partial charge in [0.15, 0.2) is 5.79 Å². The second-order valence-electron chi connectivity index (χ2n) is 5.29. The summed E-state index contributed by atoms with van der Waals surface area (Å²) in [6.07, 6.45) is 0. The van der Waals surface area contributed by atoms with Crippen molar-refractivity contribution in [1.82, 2.24) is 10.2 Å². The molecule has 2 saturated heterocycles. The van der Waals surface area contributed by atoms with Crippen molar-refractivity contribution in [3.05, 3.63) is 0 Å². The van der Waals surface area contributed by atoms with E-state index < -0.39 is 5.79 Å². The van der Waals surface area contributed by atoms with E-state index in [9.17, 15) is 0 Å². The fourth-order valence-electron chi connectivity index (χ4n) is 2.41. The zero-order chi connectivity index (χ0) is 12.8.